The molecule has 0 aromatic heterocycles. The molecule has 0 aliphatic carbocycles. The van der Waals surface area contributed by atoms with Gasteiger partial charge >= 0.3 is 0 Å². The normalized spacial score (nSPS) is 12.4. The van der Waals surface area contributed by atoms with Gasteiger partial charge in [0.15, 0.2) is 0 Å². The highest BCUT2D eigenvalue weighted by atomic mass is 35.5. The van der Waals surface area contributed by atoms with Gasteiger partial charge in [0, 0.05) is 11.4 Å². The fraction of sp³-hybridized carbons (Fsp3) is 0.200. The number of aliphatic hydroxyl groups excluding tert-OH is 1. The maximum absolute atomic E-state index is 10.1. The SMILES string of the molecule is Cc1ccc(CC(O)c2cccc(Cl)c2)cc1. The van der Waals surface area contributed by atoms with Crippen molar-refractivity contribution in [1.82, 2.24) is 0 Å². The summed E-state index contributed by atoms with van der Waals surface area (Å²) in [6.45, 7) is 2.05. The Labute approximate surface area is 107 Å². The second-order valence-electron chi connectivity index (χ2n) is 4.26. The van der Waals surface area contributed by atoms with Crippen molar-refractivity contribution in [2.75, 3.05) is 0 Å². The molecule has 2 aromatic rings. The molecule has 0 amide bonds. The average molecular weight is 247 g/mol. The first-order valence-electron chi connectivity index (χ1n) is 5.64. The van der Waals surface area contributed by atoms with Gasteiger partial charge in [0.05, 0.1) is 6.10 Å². The van der Waals surface area contributed by atoms with Crippen LogP contribution in [0.5, 0.6) is 0 Å². The molecule has 1 atom stereocenters. The van der Waals surface area contributed by atoms with Gasteiger partial charge in [-0.3, -0.25) is 0 Å². The highest BCUT2D eigenvalue weighted by molar-refractivity contribution is 6.30. The quantitative estimate of drug-likeness (QED) is 0.870. The minimum absolute atomic E-state index is 0.503. The highest BCUT2D eigenvalue weighted by Crippen LogP contribution is 2.21. The molecular formula is C15H15ClO. The molecule has 1 unspecified atom stereocenters. The van der Waals surface area contributed by atoms with E-state index in [-0.39, 0.29) is 0 Å². The molecule has 2 rings (SSSR count). The molecule has 0 saturated carbocycles. The van der Waals surface area contributed by atoms with Crippen LogP contribution < -0.4 is 0 Å². The Bertz CT molecular complexity index is 491. The van der Waals surface area contributed by atoms with Crippen molar-refractivity contribution in [3.8, 4) is 0 Å². The van der Waals surface area contributed by atoms with E-state index in [9.17, 15) is 5.11 Å². The highest BCUT2D eigenvalue weighted by Gasteiger charge is 2.08. The number of aliphatic hydroxyl groups is 1. The van der Waals surface area contributed by atoms with Gasteiger partial charge in [-0.25, -0.2) is 0 Å². The van der Waals surface area contributed by atoms with Gasteiger partial charge in [-0.05, 0) is 30.2 Å². The Morgan fingerprint density at radius 1 is 1.12 bits per heavy atom. The molecular weight excluding hydrogens is 232 g/mol. The van der Waals surface area contributed by atoms with Crippen LogP contribution in [0.3, 0.4) is 0 Å². The summed E-state index contributed by atoms with van der Waals surface area (Å²) >= 11 is 5.90. The van der Waals surface area contributed by atoms with Crippen molar-refractivity contribution in [2.45, 2.75) is 19.4 Å². The molecule has 2 aromatic carbocycles. The van der Waals surface area contributed by atoms with E-state index in [4.69, 9.17) is 11.6 Å². The molecule has 17 heavy (non-hydrogen) atoms. The average Bonchev–Trinajstić information content (AvgIpc) is 2.32. The van der Waals surface area contributed by atoms with Crippen LogP contribution in [0.1, 0.15) is 22.8 Å². The summed E-state index contributed by atoms with van der Waals surface area (Å²) in [5, 5.41) is 10.8. The lowest BCUT2D eigenvalue weighted by Gasteiger charge is -2.11. The zero-order valence-electron chi connectivity index (χ0n) is 9.73. The van der Waals surface area contributed by atoms with Crippen molar-refractivity contribution < 1.29 is 5.11 Å². The Morgan fingerprint density at radius 2 is 1.82 bits per heavy atom. The third-order valence-electron chi connectivity index (χ3n) is 2.78. The monoisotopic (exact) mass is 246 g/mol. The zero-order chi connectivity index (χ0) is 12.3. The molecule has 2 heteroatoms. The standard InChI is InChI=1S/C15H15ClO/c1-11-5-7-12(8-6-11)9-15(17)13-3-2-4-14(16)10-13/h2-8,10,15,17H,9H2,1H3. The van der Waals surface area contributed by atoms with Gasteiger partial charge in [-0.2, -0.15) is 0 Å². The van der Waals surface area contributed by atoms with E-state index in [1.165, 1.54) is 5.56 Å². The van der Waals surface area contributed by atoms with Gasteiger partial charge < -0.3 is 5.11 Å². The molecule has 0 fully saturated rings. The Kier molecular flexibility index (Phi) is 3.82. The van der Waals surface area contributed by atoms with Crippen LogP contribution >= 0.6 is 11.6 Å². The number of hydrogen-bond donors (Lipinski definition) is 1. The molecule has 0 saturated heterocycles. The largest absolute Gasteiger partial charge is 0.388 e. The van der Waals surface area contributed by atoms with Crippen LogP contribution in [0.2, 0.25) is 5.02 Å². The topological polar surface area (TPSA) is 20.2 Å². The second kappa shape index (κ2) is 5.35. The fourth-order valence-corrected chi connectivity index (χ4v) is 1.98. The van der Waals surface area contributed by atoms with Gasteiger partial charge in [-0.1, -0.05) is 53.6 Å². The molecule has 88 valence electrons. The Balaban J connectivity index is 2.11. The van der Waals surface area contributed by atoms with Gasteiger partial charge in [0.1, 0.15) is 0 Å². The van der Waals surface area contributed by atoms with Crippen LogP contribution in [-0.2, 0) is 6.42 Å². The molecule has 0 spiro atoms. The van der Waals surface area contributed by atoms with E-state index in [2.05, 4.69) is 19.1 Å². The Hall–Kier alpha value is -1.31. The molecule has 0 bridgehead atoms. The van der Waals surface area contributed by atoms with E-state index in [0.717, 1.165) is 11.1 Å². The fourth-order valence-electron chi connectivity index (χ4n) is 1.78. The lowest BCUT2D eigenvalue weighted by molar-refractivity contribution is 0.178. The summed E-state index contributed by atoms with van der Waals surface area (Å²) in [5.74, 6) is 0. The summed E-state index contributed by atoms with van der Waals surface area (Å²) in [6.07, 6.45) is 0.108. The number of halogens is 1. The van der Waals surface area contributed by atoms with E-state index >= 15 is 0 Å². The zero-order valence-corrected chi connectivity index (χ0v) is 10.5. The van der Waals surface area contributed by atoms with Crippen LogP contribution in [0.25, 0.3) is 0 Å². The van der Waals surface area contributed by atoms with Crippen LogP contribution in [-0.4, -0.2) is 5.11 Å². The van der Waals surface area contributed by atoms with Crippen molar-refractivity contribution in [1.29, 1.82) is 0 Å². The van der Waals surface area contributed by atoms with Crippen LogP contribution in [0, 0.1) is 6.92 Å². The van der Waals surface area contributed by atoms with E-state index in [1.807, 2.05) is 30.3 Å². The minimum atomic E-state index is -0.503. The molecule has 1 nitrogen and oxygen atoms in total. The molecule has 0 aliphatic heterocycles. The van der Waals surface area contributed by atoms with Crippen molar-refractivity contribution in [3.05, 3.63) is 70.2 Å². The van der Waals surface area contributed by atoms with Gasteiger partial charge in [0.25, 0.3) is 0 Å². The van der Waals surface area contributed by atoms with Crippen LogP contribution in [0.15, 0.2) is 48.5 Å². The van der Waals surface area contributed by atoms with E-state index < -0.39 is 6.10 Å². The predicted molar refractivity (Wildman–Crippen MR) is 71.3 cm³/mol. The number of hydrogen-bond acceptors (Lipinski definition) is 1. The summed E-state index contributed by atoms with van der Waals surface area (Å²) in [5.41, 5.74) is 3.21. The summed E-state index contributed by atoms with van der Waals surface area (Å²) < 4.78 is 0. The lowest BCUT2D eigenvalue weighted by atomic mass is 10.0. The van der Waals surface area contributed by atoms with Crippen molar-refractivity contribution in [2.24, 2.45) is 0 Å². The van der Waals surface area contributed by atoms with Gasteiger partial charge in [-0.15, -0.1) is 0 Å². The van der Waals surface area contributed by atoms with E-state index in [0.29, 0.717) is 11.4 Å². The maximum atomic E-state index is 10.1. The first-order valence-corrected chi connectivity index (χ1v) is 6.02. The third-order valence-corrected chi connectivity index (χ3v) is 3.02. The smallest absolute Gasteiger partial charge is 0.0830 e. The lowest BCUT2D eigenvalue weighted by Crippen LogP contribution is -2.01. The molecule has 0 radical (unpaired) electrons. The third kappa shape index (κ3) is 3.32. The second-order valence-corrected chi connectivity index (χ2v) is 4.70. The van der Waals surface area contributed by atoms with Crippen molar-refractivity contribution in [3.63, 3.8) is 0 Å². The number of benzene rings is 2. The summed E-state index contributed by atoms with van der Waals surface area (Å²) in [7, 11) is 0. The minimum Gasteiger partial charge on any atom is -0.388 e. The maximum Gasteiger partial charge on any atom is 0.0830 e. The molecule has 0 heterocycles. The van der Waals surface area contributed by atoms with Crippen molar-refractivity contribution >= 4 is 11.6 Å². The molecule has 1 N–H and O–H groups in total. The number of rotatable bonds is 3. The Morgan fingerprint density at radius 3 is 2.47 bits per heavy atom. The molecule has 0 aliphatic rings. The van der Waals surface area contributed by atoms with Gasteiger partial charge in [0.2, 0.25) is 0 Å². The van der Waals surface area contributed by atoms with E-state index in [1.54, 1.807) is 6.07 Å². The first-order chi connectivity index (χ1) is 8.15. The number of aryl methyl sites for hydroxylation is 1. The van der Waals surface area contributed by atoms with Crippen LogP contribution in [0.4, 0.5) is 0 Å². The first kappa shape index (κ1) is 12.2. The summed E-state index contributed by atoms with van der Waals surface area (Å²) in [6, 6.07) is 15.6. The predicted octanol–water partition coefficient (Wildman–Crippen LogP) is 3.92. The summed E-state index contributed by atoms with van der Waals surface area (Å²) in [4.78, 5) is 0.